The Morgan fingerprint density at radius 2 is 1.83 bits per heavy atom. The van der Waals surface area contributed by atoms with Crippen LogP contribution in [0.25, 0.3) is 0 Å². The van der Waals surface area contributed by atoms with Crippen molar-refractivity contribution in [1.29, 1.82) is 0 Å². The highest BCUT2D eigenvalue weighted by molar-refractivity contribution is 5.96. The maximum Gasteiger partial charge on any atom is 0.251 e. The lowest BCUT2D eigenvalue weighted by atomic mass is 10.2. The molecule has 2 amide bonds. The number of carbonyl (C=O) groups is 2. The van der Waals surface area contributed by atoms with Crippen molar-refractivity contribution in [1.82, 2.24) is 10.6 Å². The Hall–Kier alpha value is -2.08. The fraction of sp³-hybridized carbons (Fsp3) is 0.529. The average molecular weight is 320 g/mol. The molecule has 2 N–H and O–H groups in total. The molecular weight excluding hydrogens is 296 g/mol. The van der Waals surface area contributed by atoms with E-state index in [1.807, 2.05) is 0 Å². The Kier molecular flexibility index (Phi) is 6.87. The Morgan fingerprint density at radius 1 is 1.13 bits per heavy atom. The van der Waals surface area contributed by atoms with Gasteiger partial charge in [-0.1, -0.05) is 0 Å². The number of ether oxygens (including phenoxy) is 2. The van der Waals surface area contributed by atoms with E-state index >= 15 is 0 Å². The van der Waals surface area contributed by atoms with Gasteiger partial charge in [-0.15, -0.1) is 0 Å². The van der Waals surface area contributed by atoms with Gasteiger partial charge in [0.2, 0.25) is 5.91 Å². The summed E-state index contributed by atoms with van der Waals surface area (Å²) in [4.78, 5) is 23.5. The van der Waals surface area contributed by atoms with Gasteiger partial charge in [-0.05, 0) is 49.9 Å². The molecule has 6 heteroatoms. The van der Waals surface area contributed by atoms with Crippen LogP contribution in [0.4, 0.5) is 0 Å². The standard InChI is InChI=1S/C17H24N2O4/c1-22-11-10-18-16(20)12-19-17(21)13-6-8-15(9-7-13)23-14-4-2-3-5-14/h6-9,14H,2-5,10-12H2,1H3,(H,18,20)(H,19,21). The summed E-state index contributed by atoms with van der Waals surface area (Å²) in [5, 5.41) is 5.23. The molecule has 1 aliphatic carbocycles. The highest BCUT2D eigenvalue weighted by Gasteiger charge is 2.16. The SMILES string of the molecule is COCCNC(=O)CNC(=O)c1ccc(OC2CCCC2)cc1. The average Bonchev–Trinajstić information content (AvgIpc) is 3.06. The first-order chi connectivity index (χ1) is 11.2. The summed E-state index contributed by atoms with van der Waals surface area (Å²) in [5.41, 5.74) is 0.508. The van der Waals surface area contributed by atoms with E-state index in [1.54, 1.807) is 31.4 Å². The first kappa shape index (κ1) is 17.3. The Bertz CT molecular complexity index is 510. The lowest BCUT2D eigenvalue weighted by Gasteiger charge is -2.13. The van der Waals surface area contributed by atoms with Crippen LogP contribution in [0.3, 0.4) is 0 Å². The largest absolute Gasteiger partial charge is 0.490 e. The summed E-state index contributed by atoms with van der Waals surface area (Å²) in [5.74, 6) is 0.265. The Morgan fingerprint density at radius 3 is 2.48 bits per heavy atom. The first-order valence-electron chi connectivity index (χ1n) is 7.99. The molecule has 0 aromatic heterocycles. The zero-order valence-corrected chi connectivity index (χ0v) is 13.5. The Balaban J connectivity index is 1.74. The van der Waals surface area contributed by atoms with Gasteiger partial charge in [0.05, 0.1) is 19.3 Å². The fourth-order valence-electron chi connectivity index (χ4n) is 2.50. The van der Waals surface area contributed by atoms with Crippen molar-refractivity contribution in [3.05, 3.63) is 29.8 Å². The monoisotopic (exact) mass is 320 g/mol. The van der Waals surface area contributed by atoms with Crippen molar-refractivity contribution >= 4 is 11.8 Å². The van der Waals surface area contributed by atoms with E-state index in [4.69, 9.17) is 9.47 Å². The van der Waals surface area contributed by atoms with Gasteiger partial charge in [-0.3, -0.25) is 9.59 Å². The van der Waals surface area contributed by atoms with Crippen LogP contribution in [0.2, 0.25) is 0 Å². The third-order valence-electron chi connectivity index (χ3n) is 3.76. The van der Waals surface area contributed by atoms with E-state index < -0.39 is 0 Å². The molecule has 23 heavy (non-hydrogen) atoms. The predicted octanol–water partition coefficient (Wildman–Crippen LogP) is 1.50. The minimum absolute atomic E-state index is 0.0527. The van der Waals surface area contributed by atoms with Gasteiger partial charge in [0.1, 0.15) is 5.75 Å². The van der Waals surface area contributed by atoms with Crippen molar-refractivity contribution in [3.63, 3.8) is 0 Å². The van der Waals surface area contributed by atoms with Gasteiger partial charge >= 0.3 is 0 Å². The molecule has 0 saturated heterocycles. The van der Waals surface area contributed by atoms with Gasteiger partial charge in [-0.2, -0.15) is 0 Å². The van der Waals surface area contributed by atoms with Crippen molar-refractivity contribution in [3.8, 4) is 5.75 Å². The molecule has 0 unspecified atom stereocenters. The zero-order valence-electron chi connectivity index (χ0n) is 13.5. The van der Waals surface area contributed by atoms with Crippen LogP contribution in [0.1, 0.15) is 36.0 Å². The quantitative estimate of drug-likeness (QED) is 0.712. The maximum absolute atomic E-state index is 12.0. The van der Waals surface area contributed by atoms with E-state index in [0.29, 0.717) is 24.8 Å². The third kappa shape index (κ3) is 5.90. The van der Waals surface area contributed by atoms with E-state index in [1.165, 1.54) is 12.8 Å². The highest BCUT2D eigenvalue weighted by Crippen LogP contribution is 2.24. The Labute approximate surface area is 136 Å². The summed E-state index contributed by atoms with van der Waals surface area (Å²) in [6.45, 7) is 0.823. The molecule has 0 radical (unpaired) electrons. The van der Waals surface area contributed by atoms with Crippen LogP contribution in [-0.2, 0) is 9.53 Å². The number of hydrogen-bond acceptors (Lipinski definition) is 4. The number of hydrogen-bond donors (Lipinski definition) is 2. The van der Waals surface area contributed by atoms with Crippen LogP contribution in [0, 0.1) is 0 Å². The lowest BCUT2D eigenvalue weighted by Crippen LogP contribution is -2.38. The maximum atomic E-state index is 12.0. The lowest BCUT2D eigenvalue weighted by molar-refractivity contribution is -0.120. The van der Waals surface area contributed by atoms with Crippen LogP contribution in [-0.4, -0.2) is 44.7 Å². The highest BCUT2D eigenvalue weighted by atomic mass is 16.5. The topological polar surface area (TPSA) is 76.7 Å². The molecule has 126 valence electrons. The smallest absolute Gasteiger partial charge is 0.251 e. The van der Waals surface area contributed by atoms with Gasteiger partial charge in [0.15, 0.2) is 0 Å². The van der Waals surface area contributed by atoms with Gasteiger partial charge < -0.3 is 20.1 Å². The molecule has 0 bridgehead atoms. The molecule has 0 aliphatic heterocycles. The van der Waals surface area contributed by atoms with Crippen LogP contribution >= 0.6 is 0 Å². The van der Waals surface area contributed by atoms with Crippen LogP contribution in [0.15, 0.2) is 24.3 Å². The third-order valence-corrected chi connectivity index (χ3v) is 3.76. The summed E-state index contributed by atoms with van der Waals surface area (Å²) in [7, 11) is 1.56. The van der Waals surface area contributed by atoms with Crippen molar-refractivity contribution < 1.29 is 19.1 Å². The van der Waals surface area contributed by atoms with E-state index in [9.17, 15) is 9.59 Å². The number of methoxy groups -OCH3 is 1. The van der Waals surface area contributed by atoms with Crippen LogP contribution < -0.4 is 15.4 Å². The van der Waals surface area contributed by atoms with Crippen LogP contribution in [0.5, 0.6) is 5.75 Å². The predicted molar refractivity (Wildman–Crippen MR) is 86.5 cm³/mol. The molecule has 6 nitrogen and oxygen atoms in total. The summed E-state index contributed by atoms with van der Waals surface area (Å²) in [6.07, 6.45) is 4.93. The van der Waals surface area contributed by atoms with E-state index in [0.717, 1.165) is 18.6 Å². The second-order valence-corrected chi connectivity index (χ2v) is 5.57. The second-order valence-electron chi connectivity index (χ2n) is 5.57. The number of carbonyl (C=O) groups excluding carboxylic acids is 2. The van der Waals surface area contributed by atoms with Gasteiger partial charge in [0.25, 0.3) is 5.91 Å². The van der Waals surface area contributed by atoms with Crippen molar-refractivity contribution in [2.45, 2.75) is 31.8 Å². The summed E-state index contributed by atoms with van der Waals surface area (Å²) in [6, 6.07) is 7.02. The molecule has 2 rings (SSSR count). The summed E-state index contributed by atoms with van der Waals surface area (Å²) < 4.78 is 10.7. The first-order valence-corrected chi connectivity index (χ1v) is 7.99. The molecule has 1 fully saturated rings. The number of nitrogens with one attached hydrogen (secondary N) is 2. The fourth-order valence-corrected chi connectivity index (χ4v) is 2.50. The van der Waals surface area contributed by atoms with Gasteiger partial charge in [-0.25, -0.2) is 0 Å². The number of rotatable bonds is 8. The molecule has 1 aromatic carbocycles. The molecular formula is C17H24N2O4. The molecule has 1 aliphatic rings. The molecule has 0 heterocycles. The molecule has 0 atom stereocenters. The van der Waals surface area contributed by atoms with Gasteiger partial charge in [0, 0.05) is 19.2 Å². The second kappa shape index (κ2) is 9.15. The molecule has 0 spiro atoms. The van der Waals surface area contributed by atoms with E-state index in [-0.39, 0.29) is 18.4 Å². The molecule has 1 aromatic rings. The van der Waals surface area contributed by atoms with Crippen molar-refractivity contribution in [2.75, 3.05) is 26.8 Å². The van der Waals surface area contributed by atoms with E-state index in [2.05, 4.69) is 10.6 Å². The normalized spacial score (nSPS) is 14.5. The minimum Gasteiger partial charge on any atom is -0.490 e. The minimum atomic E-state index is -0.278. The number of amides is 2. The van der Waals surface area contributed by atoms with Crippen molar-refractivity contribution in [2.24, 2.45) is 0 Å². The number of benzene rings is 1. The zero-order chi connectivity index (χ0) is 16.5. The summed E-state index contributed by atoms with van der Waals surface area (Å²) >= 11 is 0. The molecule has 1 saturated carbocycles.